The zero-order chi connectivity index (χ0) is 21.8. The lowest BCUT2D eigenvalue weighted by atomic mass is 10.1. The lowest BCUT2D eigenvalue weighted by Crippen LogP contribution is -2.12. The number of amides is 1. The van der Waals surface area contributed by atoms with Crippen molar-refractivity contribution in [3.8, 4) is 5.75 Å². The molecule has 4 aromatic rings. The van der Waals surface area contributed by atoms with Crippen molar-refractivity contribution in [2.45, 2.75) is 27.0 Å². The quantitative estimate of drug-likeness (QED) is 0.476. The maximum Gasteiger partial charge on any atom is 0.293 e. The molecule has 0 saturated heterocycles. The van der Waals surface area contributed by atoms with Crippen molar-refractivity contribution in [1.82, 2.24) is 14.8 Å². The average Bonchev–Trinajstić information content (AvgIpc) is 3.37. The minimum atomic E-state index is -0.485. The monoisotopic (exact) mass is 420 g/mol. The van der Waals surface area contributed by atoms with E-state index in [1.165, 1.54) is 17.1 Å². The van der Waals surface area contributed by atoms with Crippen LogP contribution in [-0.2, 0) is 13.2 Å². The molecule has 1 N–H and O–H groups in total. The maximum atomic E-state index is 13.8. The third-order valence-corrected chi connectivity index (χ3v) is 4.51. The molecule has 0 atom stereocenters. The molecule has 8 heteroatoms. The first-order valence-corrected chi connectivity index (χ1v) is 9.70. The van der Waals surface area contributed by atoms with Crippen molar-refractivity contribution in [3.05, 3.63) is 95.0 Å². The Labute approximate surface area is 178 Å². The van der Waals surface area contributed by atoms with Gasteiger partial charge in [-0.2, -0.15) is 0 Å². The number of halogens is 1. The molecule has 0 aliphatic heterocycles. The second-order valence-corrected chi connectivity index (χ2v) is 7.19. The summed E-state index contributed by atoms with van der Waals surface area (Å²) in [5, 5.41) is 6.72. The Hall–Kier alpha value is -3.94. The first kappa shape index (κ1) is 20.3. The topological polar surface area (TPSA) is 82.2 Å². The zero-order valence-corrected chi connectivity index (χ0v) is 17.1. The van der Waals surface area contributed by atoms with Gasteiger partial charge in [0.05, 0.1) is 6.54 Å². The van der Waals surface area contributed by atoms with E-state index in [9.17, 15) is 9.18 Å². The van der Waals surface area contributed by atoms with E-state index in [1.807, 2.05) is 26.0 Å². The molecule has 1 amide bonds. The Morgan fingerprint density at radius 2 is 1.90 bits per heavy atom. The van der Waals surface area contributed by atoms with E-state index in [1.54, 1.807) is 30.3 Å². The number of rotatable bonds is 7. The van der Waals surface area contributed by atoms with Crippen molar-refractivity contribution in [2.24, 2.45) is 0 Å². The van der Waals surface area contributed by atoms with Crippen molar-refractivity contribution in [1.29, 1.82) is 0 Å². The Morgan fingerprint density at radius 1 is 1.13 bits per heavy atom. The highest BCUT2D eigenvalue weighted by Gasteiger charge is 2.14. The molecule has 0 saturated carbocycles. The molecule has 0 bridgehead atoms. The van der Waals surface area contributed by atoms with Crippen LogP contribution < -0.4 is 10.1 Å². The predicted octanol–water partition coefficient (Wildman–Crippen LogP) is 4.51. The first-order chi connectivity index (χ1) is 15.0. The molecular formula is C23H21FN4O3. The van der Waals surface area contributed by atoms with Crippen LogP contribution in [0, 0.1) is 19.7 Å². The van der Waals surface area contributed by atoms with Gasteiger partial charge in [0.25, 0.3) is 5.91 Å². The van der Waals surface area contributed by atoms with Crippen molar-refractivity contribution < 1.29 is 18.3 Å². The molecule has 4 rings (SSSR count). The van der Waals surface area contributed by atoms with Crippen LogP contribution in [0.2, 0.25) is 0 Å². The molecule has 31 heavy (non-hydrogen) atoms. The molecule has 158 valence electrons. The number of hydrogen-bond acceptors (Lipinski definition) is 5. The van der Waals surface area contributed by atoms with Crippen LogP contribution in [0.25, 0.3) is 0 Å². The van der Waals surface area contributed by atoms with Gasteiger partial charge < -0.3 is 9.15 Å². The maximum absolute atomic E-state index is 13.8. The van der Waals surface area contributed by atoms with Gasteiger partial charge >= 0.3 is 0 Å². The number of anilines is 1. The molecule has 0 fully saturated rings. The average molecular weight is 420 g/mol. The molecule has 2 aromatic heterocycles. The van der Waals surface area contributed by atoms with Gasteiger partial charge in [-0.15, -0.1) is 5.10 Å². The summed E-state index contributed by atoms with van der Waals surface area (Å²) < 4.78 is 26.5. The van der Waals surface area contributed by atoms with Crippen LogP contribution in [0.15, 0.2) is 65.3 Å². The van der Waals surface area contributed by atoms with E-state index in [0.29, 0.717) is 11.3 Å². The van der Waals surface area contributed by atoms with Gasteiger partial charge in [0, 0.05) is 5.56 Å². The van der Waals surface area contributed by atoms with Gasteiger partial charge in [0.2, 0.25) is 5.95 Å². The Bertz CT molecular complexity index is 1190. The number of furan rings is 1. The third-order valence-electron chi connectivity index (χ3n) is 4.51. The second-order valence-electron chi connectivity index (χ2n) is 7.19. The molecule has 0 radical (unpaired) electrons. The van der Waals surface area contributed by atoms with E-state index in [0.717, 1.165) is 16.9 Å². The summed E-state index contributed by atoms with van der Waals surface area (Å²) >= 11 is 0. The molecular weight excluding hydrogens is 399 g/mol. The molecule has 7 nitrogen and oxygen atoms in total. The Kier molecular flexibility index (Phi) is 5.79. The van der Waals surface area contributed by atoms with Crippen LogP contribution in [0.5, 0.6) is 5.75 Å². The number of benzene rings is 2. The van der Waals surface area contributed by atoms with Crippen molar-refractivity contribution in [3.63, 3.8) is 0 Å². The van der Waals surface area contributed by atoms with Gasteiger partial charge in [-0.3, -0.25) is 10.1 Å². The fourth-order valence-electron chi connectivity index (χ4n) is 3.14. The number of ether oxygens (including phenoxy) is 1. The van der Waals surface area contributed by atoms with E-state index in [2.05, 4.69) is 21.5 Å². The SMILES string of the molecule is Cc1cc(C)cc(OCc2ccc(C(=O)Nc3ncn(Cc4ccccc4F)n3)o2)c1. The molecule has 0 aliphatic carbocycles. The van der Waals surface area contributed by atoms with Crippen LogP contribution >= 0.6 is 0 Å². The van der Waals surface area contributed by atoms with Gasteiger partial charge in [-0.05, 0) is 55.3 Å². The number of nitrogens with one attached hydrogen (secondary N) is 1. The van der Waals surface area contributed by atoms with E-state index in [-0.39, 0.29) is 30.7 Å². The Morgan fingerprint density at radius 3 is 2.68 bits per heavy atom. The second kappa shape index (κ2) is 8.83. The number of carbonyl (C=O) groups excluding carboxylic acids is 1. The van der Waals surface area contributed by atoms with Crippen LogP contribution in [-0.4, -0.2) is 20.7 Å². The summed E-state index contributed by atoms with van der Waals surface area (Å²) in [7, 11) is 0. The Balaban J connectivity index is 1.35. The minimum Gasteiger partial charge on any atom is -0.486 e. The summed E-state index contributed by atoms with van der Waals surface area (Å²) in [5.74, 6) is 0.665. The minimum absolute atomic E-state index is 0.103. The fraction of sp³-hybridized carbons (Fsp3) is 0.174. The van der Waals surface area contributed by atoms with Crippen molar-refractivity contribution >= 4 is 11.9 Å². The highest BCUT2D eigenvalue weighted by atomic mass is 19.1. The zero-order valence-electron chi connectivity index (χ0n) is 17.1. The van der Waals surface area contributed by atoms with Gasteiger partial charge in [-0.1, -0.05) is 24.3 Å². The summed E-state index contributed by atoms with van der Waals surface area (Å²) in [6.45, 7) is 4.41. The predicted molar refractivity (Wildman–Crippen MR) is 112 cm³/mol. The van der Waals surface area contributed by atoms with Crippen molar-refractivity contribution in [2.75, 3.05) is 5.32 Å². The summed E-state index contributed by atoms with van der Waals surface area (Å²) in [4.78, 5) is 16.5. The van der Waals surface area contributed by atoms with Gasteiger partial charge in [0.15, 0.2) is 5.76 Å². The van der Waals surface area contributed by atoms with Gasteiger partial charge in [-0.25, -0.2) is 14.1 Å². The molecule has 0 unspecified atom stereocenters. The van der Waals surface area contributed by atoms with Crippen LogP contribution in [0.4, 0.5) is 10.3 Å². The number of aryl methyl sites for hydroxylation is 2. The highest BCUT2D eigenvalue weighted by molar-refractivity contribution is 6.01. The van der Waals surface area contributed by atoms with Crippen LogP contribution in [0.3, 0.4) is 0 Å². The number of carbonyl (C=O) groups is 1. The molecule has 0 aliphatic rings. The first-order valence-electron chi connectivity index (χ1n) is 9.70. The lowest BCUT2D eigenvalue weighted by Gasteiger charge is -2.06. The van der Waals surface area contributed by atoms with Gasteiger partial charge in [0.1, 0.15) is 30.3 Å². The van der Waals surface area contributed by atoms with E-state index >= 15 is 0 Å². The molecule has 2 aromatic carbocycles. The highest BCUT2D eigenvalue weighted by Crippen LogP contribution is 2.19. The lowest BCUT2D eigenvalue weighted by molar-refractivity contribution is 0.0991. The standard InChI is InChI=1S/C23H21FN4O3/c1-15-9-16(2)11-19(10-15)30-13-18-7-8-21(31-18)22(29)26-23-25-14-28(27-23)12-17-5-3-4-6-20(17)24/h3-11,14H,12-13H2,1-2H3,(H,26,27,29). The number of hydrogen-bond donors (Lipinski definition) is 1. The van der Waals surface area contributed by atoms with Crippen LogP contribution in [0.1, 0.15) is 33.0 Å². The number of nitrogens with zero attached hydrogens (tertiary/aromatic N) is 3. The molecule has 2 heterocycles. The third kappa shape index (κ3) is 5.16. The normalized spacial score (nSPS) is 10.8. The summed E-state index contributed by atoms with van der Waals surface area (Å²) in [6.07, 6.45) is 1.42. The fourth-order valence-corrected chi connectivity index (χ4v) is 3.14. The molecule has 0 spiro atoms. The summed E-state index contributed by atoms with van der Waals surface area (Å²) in [5.41, 5.74) is 2.69. The largest absolute Gasteiger partial charge is 0.486 e. The number of aromatic nitrogens is 3. The van der Waals surface area contributed by atoms with E-state index in [4.69, 9.17) is 9.15 Å². The van der Waals surface area contributed by atoms with E-state index < -0.39 is 5.91 Å². The summed E-state index contributed by atoms with van der Waals surface area (Å²) in [6, 6.07) is 15.6. The smallest absolute Gasteiger partial charge is 0.293 e.